The van der Waals surface area contributed by atoms with Crippen molar-refractivity contribution in [2.75, 3.05) is 25.4 Å². The molecule has 0 radical (unpaired) electrons. The van der Waals surface area contributed by atoms with Crippen molar-refractivity contribution in [2.45, 2.75) is 6.42 Å². The van der Waals surface area contributed by atoms with Crippen molar-refractivity contribution >= 4 is 24.0 Å². The number of aromatic amines is 1. The maximum absolute atomic E-state index is 14.3. The first kappa shape index (κ1) is 16.4. The second-order valence-electron chi connectivity index (χ2n) is 6.24. The summed E-state index contributed by atoms with van der Waals surface area (Å²) in [6.45, 7) is 1.92. The molecule has 0 spiro atoms. The molecule has 0 saturated carbocycles. The second kappa shape index (κ2) is 7.03. The fraction of sp³-hybridized carbons (Fsp3) is 0.263. The second-order valence-corrected chi connectivity index (χ2v) is 8.70. The number of fused-ring (bicyclic) bond motifs is 1. The molecule has 1 aliphatic rings. The highest BCUT2D eigenvalue weighted by Crippen LogP contribution is 2.36. The molecule has 6 heteroatoms. The van der Waals surface area contributed by atoms with Crippen LogP contribution in [0.5, 0.6) is 0 Å². The number of hydrogen-bond donors (Lipinski definition) is 2. The van der Waals surface area contributed by atoms with Gasteiger partial charge in [0.15, 0.2) is 0 Å². The van der Waals surface area contributed by atoms with Crippen molar-refractivity contribution < 1.29 is 4.39 Å². The van der Waals surface area contributed by atoms with Gasteiger partial charge in [-0.1, -0.05) is 32.2 Å². The van der Waals surface area contributed by atoms with Gasteiger partial charge in [0.2, 0.25) is 0 Å². The lowest BCUT2D eigenvalue weighted by Gasteiger charge is -2.24. The van der Waals surface area contributed by atoms with Gasteiger partial charge in [0.25, 0.3) is 5.56 Å². The van der Waals surface area contributed by atoms with Gasteiger partial charge in [-0.25, -0.2) is 9.49 Å². The van der Waals surface area contributed by atoms with E-state index in [-0.39, 0.29) is 11.4 Å². The Labute approximate surface area is 146 Å². The van der Waals surface area contributed by atoms with Crippen molar-refractivity contribution in [3.8, 4) is 0 Å². The van der Waals surface area contributed by atoms with Crippen LogP contribution < -0.4 is 16.2 Å². The van der Waals surface area contributed by atoms with Crippen molar-refractivity contribution in [2.24, 2.45) is 0 Å². The minimum Gasteiger partial charge on any atom is -0.316 e. The van der Waals surface area contributed by atoms with Crippen LogP contribution in [0.1, 0.15) is 11.3 Å². The lowest BCUT2D eigenvalue weighted by Crippen LogP contribution is -2.30. The van der Waals surface area contributed by atoms with Crippen LogP contribution in [0, 0.1) is 5.82 Å². The Morgan fingerprint density at radius 2 is 1.84 bits per heavy atom. The summed E-state index contributed by atoms with van der Waals surface area (Å²) in [7, 11) is -0.434. The zero-order chi connectivity index (χ0) is 17.2. The van der Waals surface area contributed by atoms with E-state index in [0.717, 1.165) is 47.4 Å². The molecule has 2 heterocycles. The molecule has 3 aromatic rings. The number of aromatic nitrogens is 2. The van der Waals surface area contributed by atoms with E-state index >= 15 is 0 Å². The number of nitrogens with one attached hydrogen (secondary N) is 2. The third kappa shape index (κ3) is 3.35. The van der Waals surface area contributed by atoms with Crippen molar-refractivity contribution in [1.82, 2.24) is 15.5 Å². The van der Waals surface area contributed by atoms with Gasteiger partial charge < -0.3 is 5.32 Å². The van der Waals surface area contributed by atoms with Crippen LogP contribution in [-0.2, 0) is 6.42 Å². The van der Waals surface area contributed by atoms with Crippen LogP contribution in [-0.4, -0.2) is 35.6 Å². The highest BCUT2D eigenvalue weighted by molar-refractivity contribution is 7.65. The van der Waals surface area contributed by atoms with E-state index < -0.39 is 7.92 Å². The molecule has 4 rings (SSSR count). The molecular weight excluding hydrogens is 336 g/mol. The normalized spacial score (nSPS) is 15.6. The molecule has 0 amide bonds. The van der Waals surface area contributed by atoms with E-state index in [1.165, 1.54) is 0 Å². The van der Waals surface area contributed by atoms with Gasteiger partial charge in [0.05, 0.1) is 11.1 Å². The van der Waals surface area contributed by atoms with Crippen LogP contribution >= 0.6 is 7.92 Å². The van der Waals surface area contributed by atoms with E-state index in [1.807, 2.05) is 30.3 Å². The predicted octanol–water partition coefficient (Wildman–Crippen LogP) is 2.36. The Morgan fingerprint density at radius 1 is 1.08 bits per heavy atom. The van der Waals surface area contributed by atoms with E-state index in [2.05, 4.69) is 15.5 Å². The summed E-state index contributed by atoms with van der Waals surface area (Å²) in [5.41, 5.74) is 1.66. The summed E-state index contributed by atoms with van der Waals surface area (Å²) in [6, 6.07) is 12.8. The molecule has 1 saturated heterocycles. The van der Waals surface area contributed by atoms with Crippen LogP contribution in [0.4, 0.5) is 4.39 Å². The van der Waals surface area contributed by atoms with Gasteiger partial charge in [-0.05, 0) is 49.2 Å². The van der Waals surface area contributed by atoms with Crippen molar-refractivity contribution in [1.29, 1.82) is 0 Å². The first-order valence-electron chi connectivity index (χ1n) is 8.43. The lowest BCUT2D eigenvalue weighted by atomic mass is 10.0. The number of rotatable bonds is 3. The summed E-state index contributed by atoms with van der Waals surface area (Å²) in [5.74, 6) is -0.101. The van der Waals surface area contributed by atoms with Gasteiger partial charge in [-0.3, -0.25) is 4.79 Å². The molecule has 0 bridgehead atoms. The molecular formula is C19H19FN3OP. The molecule has 1 fully saturated rings. The Balaban J connectivity index is 1.70. The highest BCUT2D eigenvalue weighted by Gasteiger charge is 2.19. The molecule has 0 unspecified atom stereocenters. The van der Waals surface area contributed by atoms with Crippen molar-refractivity contribution in [3.63, 3.8) is 0 Å². The summed E-state index contributed by atoms with van der Waals surface area (Å²) < 4.78 is 14.3. The van der Waals surface area contributed by atoms with E-state index in [1.54, 1.807) is 12.1 Å². The summed E-state index contributed by atoms with van der Waals surface area (Å²) in [5, 5.41) is 12.5. The molecule has 1 aromatic heterocycles. The molecule has 2 aromatic carbocycles. The molecule has 0 atom stereocenters. The molecule has 25 heavy (non-hydrogen) atoms. The van der Waals surface area contributed by atoms with Crippen LogP contribution in [0.3, 0.4) is 0 Å². The SMILES string of the molecule is O=c1[nH]nc(Cc2ccc(F)c(P3CCNCC3)c2)c2ccccc12. The molecule has 4 nitrogen and oxygen atoms in total. The van der Waals surface area contributed by atoms with Crippen LogP contribution in [0.25, 0.3) is 10.8 Å². The number of halogens is 1. The summed E-state index contributed by atoms with van der Waals surface area (Å²) in [4.78, 5) is 11.9. The Kier molecular flexibility index (Phi) is 4.60. The highest BCUT2D eigenvalue weighted by atomic mass is 31.1. The molecule has 1 aliphatic heterocycles. The minimum atomic E-state index is -0.434. The van der Waals surface area contributed by atoms with Crippen LogP contribution in [0.2, 0.25) is 0 Å². The fourth-order valence-corrected chi connectivity index (χ4v) is 5.60. The monoisotopic (exact) mass is 355 g/mol. The zero-order valence-corrected chi connectivity index (χ0v) is 14.7. The first-order valence-corrected chi connectivity index (χ1v) is 10.1. The molecule has 0 aliphatic carbocycles. The standard InChI is InChI=1S/C19H19FN3OP/c20-16-6-5-13(12-18(16)25-9-7-21-8-10-25)11-17-14-3-1-2-4-15(14)19(24)23-22-17/h1-6,12,21H,7-11H2,(H,23,24). The Hall–Kier alpha value is -2.10. The zero-order valence-electron chi connectivity index (χ0n) is 13.8. The van der Waals surface area contributed by atoms with Gasteiger partial charge in [-0.2, -0.15) is 5.10 Å². The third-order valence-corrected chi connectivity index (χ3v) is 7.17. The largest absolute Gasteiger partial charge is 0.316 e. The summed E-state index contributed by atoms with van der Waals surface area (Å²) >= 11 is 0. The van der Waals surface area contributed by atoms with Gasteiger partial charge in [0, 0.05) is 17.1 Å². The van der Waals surface area contributed by atoms with Crippen LogP contribution in [0.15, 0.2) is 47.3 Å². The predicted molar refractivity (Wildman–Crippen MR) is 101 cm³/mol. The van der Waals surface area contributed by atoms with E-state index in [4.69, 9.17) is 0 Å². The molecule has 128 valence electrons. The fourth-order valence-electron chi connectivity index (χ4n) is 3.32. The average molecular weight is 355 g/mol. The molecule has 2 N–H and O–H groups in total. The average Bonchev–Trinajstić information content (AvgIpc) is 2.66. The smallest absolute Gasteiger partial charge is 0.272 e. The topological polar surface area (TPSA) is 57.8 Å². The van der Waals surface area contributed by atoms with Gasteiger partial charge in [0.1, 0.15) is 5.82 Å². The third-order valence-electron chi connectivity index (χ3n) is 4.61. The maximum Gasteiger partial charge on any atom is 0.272 e. The number of benzene rings is 2. The summed E-state index contributed by atoms with van der Waals surface area (Å²) in [6.07, 6.45) is 2.62. The van der Waals surface area contributed by atoms with E-state index in [9.17, 15) is 9.18 Å². The van der Waals surface area contributed by atoms with Crippen molar-refractivity contribution in [3.05, 3.63) is 69.9 Å². The minimum absolute atomic E-state index is 0.101. The van der Waals surface area contributed by atoms with Gasteiger partial charge in [-0.15, -0.1) is 0 Å². The van der Waals surface area contributed by atoms with Gasteiger partial charge >= 0.3 is 0 Å². The Morgan fingerprint density at radius 3 is 2.64 bits per heavy atom. The first-order chi connectivity index (χ1) is 12.2. The number of nitrogens with zero attached hydrogens (tertiary/aromatic N) is 1. The number of hydrogen-bond acceptors (Lipinski definition) is 3. The van der Waals surface area contributed by atoms with E-state index in [0.29, 0.717) is 11.8 Å². The Bertz CT molecular complexity index is 966. The lowest BCUT2D eigenvalue weighted by molar-refractivity contribution is 0.635. The quantitative estimate of drug-likeness (QED) is 0.709. The number of H-pyrrole nitrogens is 1. The maximum atomic E-state index is 14.3.